The maximum absolute atomic E-state index is 11.8. The third-order valence-electron chi connectivity index (χ3n) is 4.25. The van der Waals surface area contributed by atoms with E-state index in [9.17, 15) is 4.79 Å². The van der Waals surface area contributed by atoms with Crippen LogP contribution < -0.4 is 11.1 Å². The van der Waals surface area contributed by atoms with Crippen molar-refractivity contribution in [1.82, 2.24) is 10.2 Å². The van der Waals surface area contributed by atoms with Gasteiger partial charge in [-0.15, -0.1) is 0 Å². The van der Waals surface area contributed by atoms with Crippen molar-refractivity contribution in [3.05, 3.63) is 0 Å². The topological polar surface area (TPSA) is 58.4 Å². The molecule has 4 heteroatoms. The van der Waals surface area contributed by atoms with Crippen molar-refractivity contribution in [2.45, 2.75) is 70.9 Å². The van der Waals surface area contributed by atoms with Gasteiger partial charge in [-0.05, 0) is 45.2 Å². The van der Waals surface area contributed by atoms with Gasteiger partial charge in [0.25, 0.3) is 0 Å². The second kappa shape index (κ2) is 9.35. The first-order valence-corrected chi connectivity index (χ1v) is 8.24. The minimum Gasteiger partial charge on any atom is -0.355 e. The van der Waals surface area contributed by atoms with Crippen LogP contribution in [0.3, 0.4) is 0 Å². The molecule has 0 heterocycles. The molecule has 0 aliphatic heterocycles. The van der Waals surface area contributed by atoms with Gasteiger partial charge >= 0.3 is 0 Å². The molecule has 1 unspecified atom stereocenters. The van der Waals surface area contributed by atoms with Crippen molar-refractivity contribution in [2.24, 2.45) is 11.7 Å². The molecule has 3 N–H and O–H groups in total. The third-order valence-corrected chi connectivity index (χ3v) is 4.25. The summed E-state index contributed by atoms with van der Waals surface area (Å²) in [7, 11) is 2.21. The lowest BCUT2D eigenvalue weighted by atomic mass is 9.94. The largest absolute Gasteiger partial charge is 0.355 e. The Bertz CT molecular complexity index is 275. The fourth-order valence-electron chi connectivity index (χ4n) is 2.99. The van der Waals surface area contributed by atoms with E-state index in [-0.39, 0.29) is 11.9 Å². The second-order valence-electron chi connectivity index (χ2n) is 6.65. The number of amides is 1. The molecule has 20 heavy (non-hydrogen) atoms. The van der Waals surface area contributed by atoms with E-state index in [4.69, 9.17) is 5.73 Å². The van der Waals surface area contributed by atoms with Crippen molar-refractivity contribution in [3.63, 3.8) is 0 Å². The van der Waals surface area contributed by atoms with Gasteiger partial charge in [0, 0.05) is 12.6 Å². The van der Waals surface area contributed by atoms with Crippen LogP contribution in [0.25, 0.3) is 0 Å². The van der Waals surface area contributed by atoms with Gasteiger partial charge in [0.15, 0.2) is 0 Å². The summed E-state index contributed by atoms with van der Waals surface area (Å²) >= 11 is 0. The van der Waals surface area contributed by atoms with E-state index in [0.717, 1.165) is 32.0 Å². The van der Waals surface area contributed by atoms with Crippen molar-refractivity contribution >= 4 is 5.91 Å². The highest BCUT2D eigenvalue weighted by atomic mass is 16.2. The first-order chi connectivity index (χ1) is 9.50. The SMILES string of the molecule is CC(C)CC(N)C(=O)NCCCN(C)C1CCCCC1. The summed E-state index contributed by atoms with van der Waals surface area (Å²) in [6, 6.07) is 0.397. The van der Waals surface area contributed by atoms with Gasteiger partial charge in [0.2, 0.25) is 5.91 Å². The van der Waals surface area contributed by atoms with E-state index in [2.05, 4.69) is 31.1 Å². The van der Waals surface area contributed by atoms with Crippen LogP contribution in [0.2, 0.25) is 0 Å². The summed E-state index contributed by atoms with van der Waals surface area (Å²) in [5.41, 5.74) is 5.85. The zero-order valence-corrected chi connectivity index (χ0v) is 13.5. The molecule has 1 aliphatic carbocycles. The van der Waals surface area contributed by atoms with Crippen LogP contribution in [0.15, 0.2) is 0 Å². The van der Waals surface area contributed by atoms with E-state index in [1.165, 1.54) is 32.1 Å². The summed E-state index contributed by atoms with van der Waals surface area (Å²) in [6.07, 6.45) is 8.57. The number of nitrogens with one attached hydrogen (secondary N) is 1. The smallest absolute Gasteiger partial charge is 0.236 e. The van der Waals surface area contributed by atoms with Crippen molar-refractivity contribution in [2.75, 3.05) is 20.1 Å². The van der Waals surface area contributed by atoms with Gasteiger partial charge < -0.3 is 16.0 Å². The van der Waals surface area contributed by atoms with Crippen molar-refractivity contribution in [1.29, 1.82) is 0 Å². The van der Waals surface area contributed by atoms with Crippen LogP contribution >= 0.6 is 0 Å². The summed E-state index contributed by atoms with van der Waals surface area (Å²) in [5.74, 6) is 0.465. The van der Waals surface area contributed by atoms with E-state index >= 15 is 0 Å². The fraction of sp³-hybridized carbons (Fsp3) is 0.938. The molecule has 1 fully saturated rings. The van der Waals surface area contributed by atoms with Crippen molar-refractivity contribution in [3.8, 4) is 0 Å². The Kier molecular flexibility index (Phi) is 8.15. The van der Waals surface area contributed by atoms with Crippen LogP contribution in [0.1, 0.15) is 58.8 Å². The molecular weight excluding hydrogens is 250 g/mol. The Balaban J connectivity index is 2.09. The van der Waals surface area contributed by atoms with Gasteiger partial charge in [0.05, 0.1) is 6.04 Å². The Morgan fingerprint density at radius 2 is 1.95 bits per heavy atom. The molecular formula is C16H33N3O. The first kappa shape index (κ1) is 17.4. The molecule has 1 rings (SSSR count). The standard InChI is InChI=1S/C16H33N3O/c1-13(2)12-15(17)16(20)18-10-7-11-19(3)14-8-5-4-6-9-14/h13-15H,4-12,17H2,1-3H3,(H,18,20). The zero-order valence-electron chi connectivity index (χ0n) is 13.5. The molecule has 1 atom stereocenters. The first-order valence-electron chi connectivity index (χ1n) is 8.24. The van der Waals surface area contributed by atoms with Crippen LogP contribution in [0.4, 0.5) is 0 Å². The fourth-order valence-corrected chi connectivity index (χ4v) is 2.99. The summed E-state index contributed by atoms with van der Waals surface area (Å²) in [4.78, 5) is 14.2. The van der Waals surface area contributed by atoms with Gasteiger partial charge in [-0.2, -0.15) is 0 Å². The molecule has 0 bridgehead atoms. The number of nitrogens with two attached hydrogens (primary N) is 1. The highest BCUT2D eigenvalue weighted by Gasteiger charge is 2.18. The van der Waals surface area contributed by atoms with Gasteiger partial charge in [0.1, 0.15) is 0 Å². The zero-order chi connectivity index (χ0) is 15.0. The van der Waals surface area contributed by atoms with Gasteiger partial charge in [-0.3, -0.25) is 4.79 Å². The summed E-state index contributed by atoms with van der Waals surface area (Å²) in [6.45, 7) is 5.98. The quantitative estimate of drug-likeness (QED) is 0.671. The molecule has 0 aromatic heterocycles. The highest BCUT2D eigenvalue weighted by Crippen LogP contribution is 2.21. The predicted molar refractivity (Wildman–Crippen MR) is 84.6 cm³/mol. The van der Waals surface area contributed by atoms with Gasteiger partial charge in [-0.1, -0.05) is 33.1 Å². The summed E-state index contributed by atoms with van der Waals surface area (Å²) < 4.78 is 0. The number of nitrogens with zero attached hydrogens (tertiary/aromatic N) is 1. The lowest BCUT2D eigenvalue weighted by molar-refractivity contribution is -0.122. The number of hydrogen-bond acceptors (Lipinski definition) is 3. The normalized spacial score (nSPS) is 18.5. The number of carbonyl (C=O) groups is 1. The van der Waals surface area contributed by atoms with Crippen molar-refractivity contribution < 1.29 is 4.79 Å². The lowest BCUT2D eigenvalue weighted by Gasteiger charge is -2.31. The van der Waals surface area contributed by atoms with E-state index in [1.54, 1.807) is 0 Å². The monoisotopic (exact) mass is 283 g/mol. The Morgan fingerprint density at radius 3 is 2.55 bits per heavy atom. The average Bonchev–Trinajstić information content (AvgIpc) is 2.43. The van der Waals surface area contributed by atoms with Crippen LogP contribution in [-0.2, 0) is 4.79 Å². The molecule has 1 amide bonds. The Labute approximate surface area is 124 Å². The van der Waals surface area contributed by atoms with Crippen LogP contribution in [0, 0.1) is 5.92 Å². The van der Waals surface area contributed by atoms with E-state index < -0.39 is 0 Å². The minimum absolute atomic E-state index is 0.000908. The summed E-state index contributed by atoms with van der Waals surface area (Å²) in [5, 5.41) is 2.96. The molecule has 0 saturated heterocycles. The number of hydrogen-bond donors (Lipinski definition) is 2. The number of rotatable bonds is 8. The molecule has 0 radical (unpaired) electrons. The van der Waals surface area contributed by atoms with E-state index in [1.807, 2.05) is 0 Å². The Hall–Kier alpha value is -0.610. The van der Waals surface area contributed by atoms with Crippen LogP contribution in [0.5, 0.6) is 0 Å². The van der Waals surface area contributed by atoms with E-state index in [0.29, 0.717) is 5.92 Å². The Morgan fingerprint density at radius 1 is 1.30 bits per heavy atom. The molecule has 1 aliphatic rings. The maximum Gasteiger partial charge on any atom is 0.236 e. The maximum atomic E-state index is 11.8. The van der Waals surface area contributed by atoms with Crippen LogP contribution in [-0.4, -0.2) is 43.0 Å². The highest BCUT2D eigenvalue weighted by molar-refractivity contribution is 5.81. The molecule has 0 spiro atoms. The number of carbonyl (C=O) groups excluding carboxylic acids is 1. The minimum atomic E-state index is -0.355. The second-order valence-corrected chi connectivity index (χ2v) is 6.65. The third kappa shape index (κ3) is 6.71. The average molecular weight is 283 g/mol. The molecule has 0 aromatic carbocycles. The molecule has 118 valence electrons. The molecule has 1 saturated carbocycles. The molecule has 0 aromatic rings. The van der Waals surface area contributed by atoms with Gasteiger partial charge in [-0.25, -0.2) is 0 Å². The predicted octanol–water partition coefficient (Wildman–Crippen LogP) is 2.13. The molecule has 4 nitrogen and oxygen atoms in total. The lowest BCUT2D eigenvalue weighted by Crippen LogP contribution is -2.42.